The molecule has 0 radical (unpaired) electrons. The average Bonchev–Trinajstić information content (AvgIpc) is 3.82. The van der Waals surface area contributed by atoms with Crippen LogP contribution in [0.4, 0.5) is 0 Å². The smallest absolute Gasteiger partial charge is 0.102 e. The van der Waals surface area contributed by atoms with Gasteiger partial charge < -0.3 is 9.13 Å². The number of aromatic nitrogens is 8. The van der Waals surface area contributed by atoms with Crippen molar-refractivity contribution in [1.29, 1.82) is 0 Å². The SMILES string of the molecule is CCC(Cn1cc(Cn2c3ccccc3c3ccccc32)nn1)n1cc(Cn2c3ccccc3c3ccccc32)nn1. The van der Waals surface area contributed by atoms with Crippen LogP contribution in [0.15, 0.2) is 109 Å². The van der Waals surface area contributed by atoms with E-state index in [4.69, 9.17) is 0 Å². The molecule has 0 saturated heterocycles. The van der Waals surface area contributed by atoms with Gasteiger partial charge in [0.2, 0.25) is 0 Å². The molecule has 8 nitrogen and oxygen atoms in total. The van der Waals surface area contributed by atoms with Gasteiger partial charge in [-0.05, 0) is 30.7 Å². The van der Waals surface area contributed by atoms with Gasteiger partial charge in [0, 0.05) is 43.6 Å². The highest BCUT2D eigenvalue weighted by Gasteiger charge is 2.17. The molecule has 0 bridgehead atoms. The minimum absolute atomic E-state index is 0.118. The van der Waals surface area contributed by atoms with E-state index in [-0.39, 0.29) is 6.04 Å². The summed E-state index contributed by atoms with van der Waals surface area (Å²) in [6, 6.07) is 34.3. The summed E-state index contributed by atoms with van der Waals surface area (Å²) in [7, 11) is 0. The van der Waals surface area contributed by atoms with Gasteiger partial charge in [-0.15, -0.1) is 10.2 Å². The monoisotopic (exact) mass is 550 g/mol. The Kier molecular flexibility index (Phi) is 5.84. The predicted octanol–water partition coefficient (Wildman–Crippen LogP) is 6.83. The lowest BCUT2D eigenvalue weighted by Crippen LogP contribution is -2.16. The number of hydrogen-bond donors (Lipinski definition) is 0. The summed E-state index contributed by atoms with van der Waals surface area (Å²) in [4.78, 5) is 0. The standard InChI is InChI=1S/C34H30N8/c1-2-26(42-22-25(36-38-42)21-41-33-17-9-5-13-29(33)30-14-6-10-18-34(30)41)23-39-19-24(35-37-39)20-40-31-15-7-3-11-27(31)28-12-4-8-16-32(28)40/h3-19,22,26H,2,20-21,23H2,1H3. The van der Waals surface area contributed by atoms with Crippen molar-refractivity contribution < 1.29 is 0 Å². The maximum Gasteiger partial charge on any atom is 0.102 e. The maximum atomic E-state index is 4.57. The summed E-state index contributed by atoms with van der Waals surface area (Å²) >= 11 is 0. The second-order valence-electron chi connectivity index (χ2n) is 10.9. The van der Waals surface area contributed by atoms with E-state index in [1.165, 1.54) is 43.6 Å². The Hall–Kier alpha value is -5.24. The summed E-state index contributed by atoms with van der Waals surface area (Å²) in [6.45, 7) is 4.18. The largest absolute Gasteiger partial charge is 0.334 e. The molecule has 8 heteroatoms. The third kappa shape index (κ3) is 4.06. The van der Waals surface area contributed by atoms with Crippen molar-refractivity contribution in [2.24, 2.45) is 0 Å². The lowest BCUT2D eigenvalue weighted by molar-refractivity contribution is 0.357. The minimum atomic E-state index is 0.118. The van der Waals surface area contributed by atoms with E-state index in [0.29, 0.717) is 19.6 Å². The van der Waals surface area contributed by atoms with Gasteiger partial charge in [0.25, 0.3) is 0 Å². The lowest BCUT2D eigenvalue weighted by Gasteiger charge is -2.14. The molecule has 0 amide bonds. The first-order valence-electron chi connectivity index (χ1n) is 14.5. The molecule has 0 aliphatic carbocycles. The Morgan fingerprint density at radius 1 is 0.548 bits per heavy atom. The van der Waals surface area contributed by atoms with Crippen LogP contribution >= 0.6 is 0 Å². The van der Waals surface area contributed by atoms with Crippen molar-refractivity contribution in [2.45, 2.75) is 39.0 Å². The van der Waals surface area contributed by atoms with Gasteiger partial charge in [0.05, 0.1) is 38.1 Å². The molecule has 0 aliphatic heterocycles. The van der Waals surface area contributed by atoms with E-state index in [0.717, 1.165) is 17.8 Å². The van der Waals surface area contributed by atoms with Crippen molar-refractivity contribution in [1.82, 2.24) is 39.1 Å². The molecule has 8 aromatic rings. The number of benzene rings is 4. The number of hydrogen-bond acceptors (Lipinski definition) is 4. The second-order valence-corrected chi connectivity index (χ2v) is 10.9. The van der Waals surface area contributed by atoms with Crippen LogP contribution in [0.2, 0.25) is 0 Å². The Morgan fingerprint density at radius 3 is 1.45 bits per heavy atom. The van der Waals surface area contributed by atoms with Crippen molar-refractivity contribution in [3.8, 4) is 0 Å². The highest BCUT2D eigenvalue weighted by atomic mass is 15.5. The normalized spacial score (nSPS) is 12.7. The van der Waals surface area contributed by atoms with Crippen molar-refractivity contribution >= 4 is 43.6 Å². The molecular weight excluding hydrogens is 520 g/mol. The van der Waals surface area contributed by atoms with Gasteiger partial charge in [0.15, 0.2) is 0 Å². The number of fused-ring (bicyclic) bond motifs is 6. The summed E-state index contributed by atoms with van der Waals surface area (Å²) in [5, 5.41) is 23.2. The van der Waals surface area contributed by atoms with E-state index in [1.807, 2.05) is 9.36 Å². The van der Waals surface area contributed by atoms with E-state index >= 15 is 0 Å². The maximum absolute atomic E-state index is 4.57. The first-order chi connectivity index (χ1) is 20.8. The fourth-order valence-electron chi connectivity index (χ4n) is 6.35. The van der Waals surface area contributed by atoms with Gasteiger partial charge in [-0.3, -0.25) is 4.68 Å². The van der Waals surface area contributed by atoms with Crippen LogP contribution in [0.25, 0.3) is 43.6 Å². The summed E-state index contributed by atoms with van der Waals surface area (Å²) in [5.74, 6) is 0. The fraction of sp³-hybridized carbons (Fsp3) is 0.176. The van der Waals surface area contributed by atoms with E-state index in [2.05, 4.69) is 146 Å². The summed E-state index contributed by atoms with van der Waals surface area (Å²) < 4.78 is 8.58. The topological polar surface area (TPSA) is 71.3 Å². The zero-order chi connectivity index (χ0) is 28.0. The quantitative estimate of drug-likeness (QED) is 0.208. The van der Waals surface area contributed by atoms with Gasteiger partial charge in [-0.25, -0.2) is 4.68 Å². The molecule has 0 spiro atoms. The molecule has 8 rings (SSSR count). The first kappa shape index (κ1) is 24.5. The van der Waals surface area contributed by atoms with Crippen molar-refractivity contribution in [3.63, 3.8) is 0 Å². The summed E-state index contributed by atoms with van der Waals surface area (Å²) in [6.07, 6.45) is 5.04. The van der Waals surface area contributed by atoms with Crippen LogP contribution < -0.4 is 0 Å². The molecule has 1 atom stereocenters. The van der Waals surface area contributed by atoms with E-state index in [9.17, 15) is 0 Å². The molecule has 4 heterocycles. The molecule has 4 aromatic carbocycles. The highest BCUT2D eigenvalue weighted by Crippen LogP contribution is 2.30. The third-order valence-electron chi connectivity index (χ3n) is 8.39. The van der Waals surface area contributed by atoms with E-state index in [1.54, 1.807) is 0 Å². The van der Waals surface area contributed by atoms with Crippen LogP contribution in [0.3, 0.4) is 0 Å². The predicted molar refractivity (Wildman–Crippen MR) is 166 cm³/mol. The molecule has 206 valence electrons. The summed E-state index contributed by atoms with van der Waals surface area (Å²) in [5.41, 5.74) is 6.70. The van der Waals surface area contributed by atoms with Crippen LogP contribution in [0, 0.1) is 0 Å². The Bertz CT molecular complexity index is 2090. The molecule has 0 saturated carbocycles. The Morgan fingerprint density at radius 2 is 0.976 bits per heavy atom. The van der Waals surface area contributed by atoms with Crippen LogP contribution in [-0.2, 0) is 19.6 Å². The number of rotatable bonds is 8. The third-order valence-corrected chi connectivity index (χ3v) is 8.39. The number of para-hydroxylation sites is 4. The van der Waals surface area contributed by atoms with Gasteiger partial charge >= 0.3 is 0 Å². The zero-order valence-corrected chi connectivity index (χ0v) is 23.4. The van der Waals surface area contributed by atoms with Gasteiger partial charge in [0.1, 0.15) is 11.4 Å². The van der Waals surface area contributed by atoms with Crippen LogP contribution in [0.5, 0.6) is 0 Å². The average molecular weight is 551 g/mol. The van der Waals surface area contributed by atoms with Crippen LogP contribution in [0.1, 0.15) is 30.8 Å². The minimum Gasteiger partial charge on any atom is -0.334 e. The van der Waals surface area contributed by atoms with Gasteiger partial charge in [-0.1, -0.05) is 90.1 Å². The second kappa shape index (κ2) is 9.99. The molecule has 1 unspecified atom stereocenters. The molecule has 0 N–H and O–H groups in total. The molecular formula is C34H30N8. The fourth-order valence-corrected chi connectivity index (χ4v) is 6.35. The van der Waals surface area contributed by atoms with Crippen molar-refractivity contribution in [2.75, 3.05) is 0 Å². The Labute approximate surface area is 242 Å². The van der Waals surface area contributed by atoms with Gasteiger partial charge in [-0.2, -0.15) is 0 Å². The lowest BCUT2D eigenvalue weighted by atomic mass is 10.2. The molecule has 0 aliphatic rings. The molecule has 0 fully saturated rings. The first-order valence-corrected chi connectivity index (χ1v) is 14.5. The zero-order valence-electron chi connectivity index (χ0n) is 23.4. The molecule has 4 aromatic heterocycles. The number of nitrogens with zero attached hydrogens (tertiary/aromatic N) is 8. The van der Waals surface area contributed by atoms with Crippen LogP contribution in [-0.4, -0.2) is 39.1 Å². The Balaban J connectivity index is 1.04. The van der Waals surface area contributed by atoms with E-state index < -0.39 is 0 Å². The highest BCUT2D eigenvalue weighted by molar-refractivity contribution is 6.08. The molecule has 42 heavy (non-hydrogen) atoms. The van der Waals surface area contributed by atoms with Crippen molar-refractivity contribution in [3.05, 3.63) is 121 Å².